The number of aliphatic hydroxyl groups is 3. The van der Waals surface area contributed by atoms with Crippen LogP contribution in [-0.4, -0.2) is 65.9 Å². The molecule has 4 heterocycles. The molecule has 11 nitrogen and oxygen atoms in total. The molecule has 0 amide bonds. The third-order valence-electron chi connectivity index (χ3n) is 18.1. The highest BCUT2D eigenvalue weighted by atomic mass is 16.6. The summed E-state index contributed by atoms with van der Waals surface area (Å²) in [5, 5.41) is 32.3. The molecule has 5 aromatic rings. The Labute approximate surface area is 433 Å². The van der Waals surface area contributed by atoms with Crippen molar-refractivity contribution in [3.63, 3.8) is 0 Å². The van der Waals surface area contributed by atoms with Crippen LogP contribution in [0.2, 0.25) is 0 Å². The Kier molecular flexibility index (Phi) is 14.6. The first kappa shape index (κ1) is 50.3. The summed E-state index contributed by atoms with van der Waals surface area (Å²) in [5.74, 6) is -1.04. The first-order valence-corrected chi connectivity index (χ1v) is 27.2. The number of esters is 2. The fraction of sp³-hybridized carbons (Fsp3) is 0.476. The molecule has 1 spiro atoms. The zero-order chi connectivity index (χ0) is 51.1. The van der Waals surface area contributed by atoms with Crippen molar-refractivity contribution in [1.82, 2.24) is 0 Å². The summed E-state index contributed by atoms with van der Waals surface area (Å²) in [6, 6.07) is 29.9. The minimum absolute atomic E-state index is 0.0698. The van der Waals surface area contributed by atoms with Gasteiger partial charge < -0.3 is 38.7 Å². The lowest BCUT2D eigenvalue weighted by Gasteiger charge is -2.56. The van der Waals surface area contributed by atoms with Crippen LogP contribution in [0, 0.1) is 23.7 Å². The summed E-state index contributed by atoms with van der Waals surface area (Å²) in [5.41, 5.74) is 7.21. The van der Waals surface area contributed by atoms with E-state index in [-0.39, 0.29) is 84.9 Å². The highest BCUT2D eigenvalue weighted by molar-refractivity contribution is 5.90. The molecule has 11 rings (SSSR count). The van der Waals surface area contributed by atoms with Gasteiger partial charge in [-0.1, -0.05) is 91.4 Å². The summed E-state index contributed by atoms with van der Waals surface area (Å²) in [4.78, 5) is 45.3. The van der Waals surface area contributed by atoms with E-state index in [1.807, 2.05) is 12.1 Å². The number of carbonyl (C=O) groups is 2. The van der Waals surface area contributed by atoms with Crippen LogP contribution in [0.5, 0.6) is 5.75 Å². The third kappa shape index (κ3) is 9.37. The van der Waals surface area contributed by atoms with E-state index in [1.54, 1.807) is 13.0 Å². The molecule has 0 saturated heterocycles. The van der Waals surface area contributed by atoms with E-state index < -0.39 is 47.9 Å². The van der Waals surface area contributed by atoms with Gasteiger partial charge in [-0.2, -0.15) is 0 Å². The van der Waals surface area contributed by atoms with Gasteiger partial charge in [0, 0.05) is 54.9 Å². The Morgan fingerprint density at radius 2 is 1.68 bits per heavy atom. The van der Waals surface area contributed by atoms with Gasteiger partial charge in [0.1, 0.15) is 11.3 Å². The van der Waals surface area contributed by atoms with Crippen LogP contribution in [0.3, 0.4) is 0 Å². The first-order valence-electron chi connectivity index (χ1n) is 27.2. The molecule has 11 heteroatoms. The highest BCUT2D eigenvalue weighted by Gasteiger charge is 2.63. The molecule has 2 fully saturated rings. The van der Waals surface area contributed by atoms with Crippen molar-refractivity contribution in [2.45, 2.75) is 139 Å². The molecular formula is C63H70O11. The van der Waals surface area contributed by atoms with Crippen LogP contribution in [0.1, 0.15) is 151 Å². The largest absolute Gasteiger partial charge is 0.482 e. The molecule has 5 bridgehead atoms. The lowest BCUT2D eigenvalue weighted by Crippen LogP contribution is -2.64. The first-order chi connectivity index (χ1) is 36.1. The van der Waals surface area contributed by atoms with Crippen LogP contribution in [0.25, 0.3) is 11.0 Å². The molecule has 3 aliphatic carbocycles. The molecule has 4 aromatic carbocycles. The van der Waals surface area contributed by atoms with Gasteiger partial charge >= 0.3 is 17.6 Å². The Morgan fingerprint density at radius 1 is 0.824 bits per heavy atom. The van der Waals surface area contributed by atoms with Crippen LogP contribution < -0.4 is 10.4 Å². The molecule has 3 aliphatic heterocycles. The van der Waals surface area contributed by atoms with Crippen molar-refractivity contribution in [3.8, 4) is 5.75 Å². The van der Waals surface area contributed by atoms with E-state index >= 15 is 9.59 Å². The number of carbonyl (C=O) groups excluding carboxylic acids is 2. The normalized spacial score (nSPS) is 28.6. The quantitative estimate of drug-likeness (QED) is 0.0528. The maximum atomic E-state index is 15.5. The summed E-state index contributed by atoms with van der Waals surface area (Å²) < 4.78 is 33.5. The van der Waals surface area contributed by atoms with Crippen molar-refractivity contribution in [1.29, 1.82) is 0 Å². The molecular weight excluding hydrogens is 933 g/mol. The highest BCUT2D eigenvalue weighted by Crippen LogP contribution is 2.59. The Morgan fingerprint density at radius 3 is 2.49 bits per heavy atom. The number of hydrogen-bond acceptors (Lipinski definition) is 11. The second-order valence-corrected chi connectivity index (χ2v) is 22.2. The predicted molar refractivity (Wildman–Crippen MR) is 281 cm³/mol. The topological polar surface area (TPSA) is 162 Å². The number of methoxy groups -OCH3 is 1. The van der Waals surface area contributed by atoms with E-state index in [0.717, 1.165) is 57.8 Å². The number of hydrogen-bond donors (Lipinski definition) is 3. The minimum atomic E-state index is -1.30. The van der Waals surface area contributed by atoms with Crippen molar-refractivity contribution < 1.29 is 48.3 Å². The summed E-state index contributed by atoms with van der Waals surface area (Å²) >= 11 is 0. The molecule has 2 saturated carbocycles. The second-order valence-electron chi connectivity index (χ2n) is 22.2. The fourth-order valence-electron chi connectivity index (χ4n) is 14.7. The number of rotatable bonds is 10. The lowest BCUT2D eigenvalue weighted by atomic mass is 9.57. The maximum Gasteiger partial charge on any atom is 0.340 e. The van der Waals surface area contributed by atoms with Crippen molar-refractivity contribution in [3.05, 3.63) is 169 Å². The molecule has 388 valence electrons. The van der Waals surface area contributed by atoms with Gasteiger partial charge in [0.05, 0.1) is 25.4 Å². The van der Waals surface area contributed by atoms with Gasteiger partial charge in [0.15, 0.2) is 17.8 Å². The smallest absolute Gasteiger partial charge is 0.340 e. The van der Waals surface area contributed by atoms with Crippen LogP contribution in [0.4, 0.5) is 0 Å². The van der Waals surface area contributed by atoms with Crippen LogP contribution in [-0.2, 0) is 49.7 Å². The van der Waals surface area contributed by atoms with E-state index in [1.165, 1.54) is 40.5 Å². The molecule has 10 unspecified atom stereocenters. The average Bonchev–Trinajstić information content (AvgIpc) is 3.43. The Hall–Kier alpha value is -5.85. The predicted octanol–water partition coefficient (Wildman–Crippen LogP) is 10.6. The molecule has 1 aromatic heterocycles. The fourth-order valence-corrected chi connectivity index (χ4v) is 14.7. The number of ether oxygens (including phenoxy) is 4. The van der Waals surface area contributed by atoms with Crippen LogP contribution >= 0.6 is 0 Å². The number of fused-ring (bicyclic) bond motifs is 8. The standard InChI is InChI=1S/C63H70O11/c1-37(34-65)49-22-20-40-16-19-46-31-44(40)18-17-42-13-7-12-41-15-8-27-63(57(41)42)60(73-61(49)68)59(56-53(74-63)25-24-51-52(35-66)55(62(69)72-58(51)56)47(26-28-64)36-70-2)71-54(67)33-48-32-45(21-23-50(46)48)43-14-6-11-39(30-43)29-38-9-4-3-5-10-38/h3-6,8-11,14-16,19,24-25,30-31,41-42,45,47-48,50,57,59-60,64-66H,7,12-13,17-18,20-23,26-29,32-36H2,1-2H3. The second kappa shape index (κ2) is 21.4. The van der Waals surface area contributed by atoms with Gasteiger partial charge in [-0.25, -0.2) is 9.59 Å². The molecule has 3 N–H and O–H groups in total. The minimum Gasteiger partial charge on any atom is -0.482 e. The molecule has 10 atom stereocenters. The Balaban J connectivity index is 1.10. The summed E-state index contributed by atoms with van der Waals surface area (Å²) in [6.45, 7) is 0.770. The van der Waals surface area contributed by atoms with Crippen molar-refractivity contribution in [2.75, 3.05) is 26.9 Å². The van der Waals surface area contributed by atoms with E-state index in [9.17, 15) is 20.1 Å². The molecule has 0 radical (unpaired) electrons. The number of aryl methyl sites for hydroxylation is 2. The maximum absolute atomic E-state index is 15.5. The zero-order valence-electron chi connectivity index (χ0n) is 42.8. The van der Waals surface area contributed by atoms with Crippen molar-refractivity contribution >= 4 is 22.9 Å². The van der Waals surface area contributed by atoms with Gasteiger partial charge in [0.25, 0.3) is 0 Å². The summed E-state index contributed by atoms with van der Waals surface area (Å²) in [6.07, 6.45) is 11.5. The van der Waals surface area contributed by atoms with Gasteiger partial charge in [-0.05, 0) is 164 Å². The van der Waals surface area contributed by atoms with E-state index in [4.69, 9.17) is 23.4 Å². The third-order valence-corrected chi connectivity index (χ3v) is 18.1. The van der Waals surface area contributed by atoms with Gasteiger partial charge in [-0.15, -0.1) is 0 Å². The lowest BCUT2D eigenvalue weighted by molar-refractivity contribution is -0.213. The van der Waals surface area contributed by atoms with E-state index in [2.05, 4.69) is 78.9 Å². The number of benzene rings is 4. The SMILES string of the molecule is COCC(CCO)c1c(CO)c2ccc3c(c2oc1=O)C1OC(=O)CC2CC(c4cccc(Cc5ccccc5)c4)CCC2c2ccc4c(c2)CCC2CCCC5C=CCC(O3)(C1OC(=O)C(=C(C)CO)CC4)C52. The number of aliphatic hydroxyl groups excluding tert-OH is 3. The van der Waals surface area contributed by atoms with Crippen LogP contribution in [0.15, 0.2) is 117 Å². The number of allylic oxidation sites excluding steroid dienone is 1. The summed E-state index contributed by atoms with van der Waals surface area (Å²) in [7, 11) is 1.52. The van der Waals surface area contributed by atoms with Gasteiger partial charge in [-0.3, -0.25) is 4.79 Å². The van der Waals surface area contributed by atoms with E-state index in [0.29, 0.717) is 47.1 Å². The van der Waals surface area contributed by atoms with Crippen molar-refractivity contribution in [2.24, 2.45) is 23.7 Å². The molecule has 74 heavy (non-hydrogen) atoms. The van der Waals surface area contributed by atoms with Gasteiger partial charge in [0.2, 0.25) is 0 Å². The molecule has 6 aliphatic rings. The Bertz CT molecular complexity index is 3020. The monoisotopic (exact) mass is 1000 g/mol. The zero-order valence-corrected chi connectivity index (χ0v) is 42.8. The average molecular weight is 1000 g/mol.